The molecule has 2 rings (SSSR count). The highest BCUT2D eigenvalue weighted by atomic mass is 16.5. The molecule has 5 nitrogen and oxygen atoms in total. The third-order valence-electron chi connectivity index (χ3n) is 3.83. The molecule has 1 fully saturated rings. The van der Waals surface area contributed by atoms with E-state index >= 15 is 0 Å². The van der Waals surface area contributed by atoms with Crippen LogP contribution in [-0.4, -0.2) is 37.0 Å². The Hall–Kier alpha value is -1.59. The topological polar surface area (TPSA) is 81.6 Å². The van der Waals surface area contributed by atoms with Crippen LogP contribution in [0.1, 0.15) is 18.4 Å². The monoisotopic (exact) mass is 277 g/mol. The fourth-order valence-corrected chi connectivity index (χ4v) is 2.46. The van der Waals surface area contributed by atoms with Gasteiger partial charge in [0, 0.05) is 19.0 Å². The Bertz CT molecular complexity index is 425. The molecule has 0 unspecified atom stereocenters. The maximum absolute atomic E-state index is 11.1. The van der Waals surface area contributed by atoms with E-state index in [1.54, 1.807) is 0 Å². The van der Waals surface area contributed by atoms with Gasteiger partial charge in [0.25, 0.3) is 0 Å². The van der Waals surface area contributed by atoms with E-state index in [-0.39, 0.29) is 11.8 Å². The van der Waals surface area contributed by atoms with E-state index in [0.717, 1.165) is 43.8 Å². The average molecular weight is 277 g/mol. The molecule has 0 bridgehead atoms. The average Bonchev–Trinajstić information content (AvgIpc) is 2.48. The van der Waals surface area contributed by atoms with Crippen molar-refractivity contribution in [1.29, 1.82) is 0 Å². The molecular weight excluding hydrogens is 254 g/mol. The highest BCUT2D eigenvalue weighted by Crippen LogP contribution is 2.16. The van der Waals surface area contributed by atoms with Crippen LogP contribution in [0.15, 0.2) is 24.3 Å². The lowest BCUT2D eigenvalue weighted by Gasteiger charge is -2.30. The molecule has 20 heavy (non-hydrogen) atoms. The van der Waals surface area contributed by atoms with Gasteiger partial charge in [-0.25, -0.2) is 0 Å². The molecule has 1 aromatic carbocycles. The van der Waals surface area contributed by atoms with E-state index in [1.165, 1.54) is 0 Å². The first-order valence-corrected chi connectivity index (χ1v) is 7.12. The van der Waals surface area contributed by atoms with Gasteiger partial charge in [-0.05, 0) is 43.6 Å². The van der Waals surface area contributed by atoms with Crippen LogP contribution in [0.4, 0.5) is 0 Å². The number of likely N-dealkylation sites (tertiary alicyclic amines) is 1. The summed E-state index contributed by atoms with van der Waals surface area (Å²) in [6, 6.07) is 7.85. The molecule has 1 aliphatic rings. The molecule has 1 saturated heterocycles. The Morgan fingerprint density at radius 1 is 1.25 bits per heavy atom. The standard InChI is InChI=1S/C15H23N3O2/c16-11-12-1-3-14(4-2-12)20-10-9-18-7-5-13(6-8-18)15(17)19/h1-4,13H,5-11,16H2,(H2,17,19). The molecule has 1 heterocycles. The predicted octanol–water partition coefficient (Wildman–Crippen LogP) is 0.721. The van der Waals surface area contributed by atoms with E-state index in [2.05, 4.69) is 4.90 Å². The first-order valence-electron chi connectivity index (χ1n) is 7.12. The molecule has 1 aromatic rings. The van der Waals surface area contributed by atoms with E-state index in [9.17, 15) is 4.79 Å². The van der Waals surface area contributed by atoms with E-state index in [1.807, 2.05) is 24.3 Å². The second-order valence-electron chi connectivity index (χ2n) is 5.21. The third-order valence-corrected chi connectivity index (χ3v) is 3.83. The van der Waals surface area contributed by atoms with Gasteiger partial charge in [-0.15, -0.1) is 0 Å². The fraction of sp³-hybridized carbons (Fsp3) is 0.533. The molecule has 110 valence electrons. The van der Waals surface area contributed by atoms with Crippen LogP contribution in [0.2, 0.25) is 0 Å². The Kier molecular flexibility index (Phi) is 5.38. The van der Waals surface area contributed by atoms with E-state index in [0.29, 0.717) is 13.2 Å². The zero-order valence-corrected chi connectivity index (χ0v) is 11.8. The number of carbonyl (C=O) groups excluding carboxylic acids is 1. The fourth-order valence-electron chi connectivity index (χ4n) is 2.46. The first-order chi connectivity index (χ1) is 9.69. The second kappa shape index (κ2) is 7.26. The summed E-state index contributed by atoms with van der Waals surface area (Å²) >= 11 is 0. The Labute approximate surface area is 119 Å². The third kappa shape index (κ3) is 4.21. The highest BCUT2D eigenvalue weighted by molar-refractivity contribution is 5.76. The summed E-state index contributed by atoms with van der Waals surface area (Å²) in [5.74, 6) is 0.756. The summed E-state index contributed by atoms with van der Waals surface area (Å²) in [7, 11) is 0. The van der Waals surface area contributed by atoms with Crippen molar-refractivity contribution in [1.82, 2.24) is 4.90 Å². The molecule has 1 amide bonds. The summed E-state index contributed by atoms with van der Waals surface area (Å²) in [6.45, 7) is 3.93. The minimum absolute atomic E-state index is 0.0518. The normalized spacial score (nSPS) is 17.1. The van der Waals surface area contributed by atoms with Gasteiger partial charge in [0.2, 0.25) is 5.91 Å². The van der Waals surface area contributed by atoms with Gasteiger partial charge in [-0.3, -0.25) is 9.69 Å². The van der Waals surface area contributed by atoms with Gasteiger partial charge in [-0.1, -0.05) is 12.1 Å². The Morgan fingerprint density at radius 2 is 1.90 bits per heavy atom. The zero-order valence-electron chi connectivity index (χ0n) is 11.8. The maximum atomic E-state index is 11.1. The second-order valence-corrected chi connectivity index (χ2v) is 5.21. The number of amides is 1. The largest absolute Gasteiger partial charge is 0.492 e. The number of primary amides is 1. The Balaban J connectivity index is 1.67. The minimum Gasteiger partial charge on any atom is -0.492 e. The number of carbonyl (C=O) groups is 1. The van der Waals surface area contributed by atoms with Gasteiger partial charge < -0.3 is 16.2 Å². The number of ether oxygens (including phenoxy) is 1. The number of hydrogen-bond acceptors (Lipinski definition) is 4. The Morgan fingerprint density at radius 3 is 2.45 bits per heavy atom. The zero-order chi connectivity index (χ0) is 14.4. The van der Waals surface area contributed by atoms with Crippen LogP contribution in [0.3, 0.4) is 0 Å². The maximum Gasteiger partial charge on any atom is 0.220 e. The van der Waals surface area contributed by atoms with Gasteiger partial charge in [0.1, 0.15) is 12.4 Å². The lowest BCUT2D eigenvalue weighted by atomic mass is 9.96. The molecule has 4 N–H and O–H groups in total. The SMILES string of the molecule is NCc1ccc(OCCN2CCC(C(N)=O)CC2)cc1. The van der Waals surface area contributed by atoms with Gasteiger partial charge in [-0.2, -0.15) is 0 Å². The molecule has 0 saturated carbocycles. The number of piperidine rings is 1. The number of benzene rings is 1. The van der Waals surface area contributed by atoms with Crippen molar-refractivity contribution in [3.63, 3.8) is 0 Å². The quantitative estimate of drug-likeness (QED) is 0.803. The van der Waals surface area contributed by atoms with Crippen LogP contribution in [0.25, 0.3) is 0 Å². The summed E-state index contributed by atoms with van der Waals surface area (Å²) in [5, 5.41) is 0. The van der Waals surface area contributed by atoms with Crippen molar-refractivity contribution in [2.75, 3.05) is 26.2 Å². The molecule has 1 aliphatic heterocycles. The molecule has 0 aromatic heterocycles. The minimum atomic E-state index is -0.166. The van der Waals surface area contributed by atoms with Crippen molar-refractivity contribution in [3.8, 4) is 5.75 Å². The predicted molar refractivity (Wildman–Crippen MR) is 78.2 cm³/mol. The van der Waals surface area contributed by atoms with Crippen molar-refractivity contribution in [2.24, 2.45) is 17.4 Å². The van der Waals surface area contributed by atoms with Crippen molar-refractivity contribution in [3.05, 3.63) is 29.8 Å². The number of rotatable bonds is 6. The van der Waals surface area contributed by atoms with Gasteiger partial charge in [0.15, 0.2) is 0 Å². The molecular formula is C15H23N3O2. The summed E-state index contributed by atoms with van der Waals surface area (Å²) in [6.07, 6.45) is 1.72. The van der Waals surface area contributed by atoms with Crippen molar-refractivity contribution >= 4 is 5.91 Å². The lowest BCUT2D eigenvalue weighted by molar-refractivity contribution is -0.123. The van der Waals surface area contributed by atoms with Gasteiger partial charge in [0.05, 0.1) is 0 Å². The van der Waals surface area contributed by atoms with Crippen molar-refractivity contribution < 1.29 is 9.53 Å². The molecule has 0 aliphatic carbocycles. The number of hydrogen-bond donors (Lipinski definition) is 2. The summed E-state index contributed by atoms with van der Waals surface area (Å²) < 4.78 is 5.71. The molecule has 0 atom stereocenters. The van der Waals surface area contributed by atoms with Crippen LogP contribution in [0, 0.1) is 5.92 Å². The van der Waals surface area contributed by atoms with E-state index in [4.69, 9.17) is 16.2 Å². The lowest BCUT2D eigenvalue weighted by Crippen LogP contribution is -2.40. The van der Waals surface area contributed by atoms with E-state index < -0.39 is 0 Å². The smallest absolute Gasteiger partial charge is 0.220 e. The van der Waals surface area contributed by atoms with Crippen LogP contribution >= 0.6 is 0 Å². The van der Waals surface area contributed by atoms with Crippen LogP contribution < -0.4 is 16.2 Å². The summed E-state index contributed by atoms with van der Waals surface area (Å²) in [5.41, 5.74) is 12.0. The number of nitrogens with zero attached hydrogens (tertiary/aromatic N) is 1. The van der Waals surface area contributed by atoms with Crippen LogP contribution in [-0.2, 0) is 11.3 Å². The molecule has 0 spiro atoms. The molecule has 5 heteroatoms. The first kappa shape index (κ1) is 14.8. The van der Waals surface area contributed by atoms with Crippen molar-refractivity contribution in [2.45, 2.75) is 19.4 Å². The highest BCUT2D eigenvalue weighted by Gasteiger charge is 2.22. The molecule has 0 radical (unpaired) electrons. The summed E-state index contributed by atoms with van der Waals surface area (Å²) in [4.78, 5) is 13.4. The van der Waals surface area contributed by atoms with Gasteiger partial charge >= 0.3 is 0 Å². The van der Waals surface area contributed by atoms with Crippen LogP contribution in [0.5, 0.6) is 5.75 Å². The number of nitrogens with two attached hydrogens (primary N) is 2.